The van der Waals surface area contributed by atoms with Crippen LogP contribution in [0.4, 0.5) is 5.69 Å². The minimum absolute atomic E-state index is 0. The molecule has 0 aliphatic heterocycles. The van der Waals surface area contributed by atoms with Crippen LogP contribution in [0.1, 0.15) is 12.5 Å². The first kappa shape index (κ1) is 17.9. The molecule has 0 saturated carbocycles. The average Bonchev–Trinajstić information content (AvgIpc) is 2.39. The molecule has 1 aromatic carbocycles. The maximum Gasteiger partial charge on any atom is 0.250 e. The SMILES string of the molecule is CCOCCOCC(=O)Nc1ccc(CN)cc1.Cl. The van der Waals surface area contributed by atoms with Crippen molar-refractivity contribution in [3.63, 3.8) is 0 Å². The van der Waals surface area contributed by atoms with Gasteiger partial charge in [0.2, 0.25) is 5.91 Å². The van der Waals surface area contributed by atoms with E-state index in [1.165, 1.54) is 0 Å². The highest BCUT2D eigenvalue weighted by molar-refractivity contribution is 5.91. The number of carbonyl (C=O) groups is 1. The van der Waals surface area contributed by atoms with E-state index in [0.29, 0.717) is 26.4 Å². The van der Waals surface area contributed by atoms with Gasteiger partial charge in [-0.3, -0.25) is 4.79 Å². The van der Waals surface area contributed by atoms with E-state index in [4.69, 9.17) is 15.2 Å². The number of ether oxygens (including phenoxy) is 2. The van der Waals surface area contributed by atoms with Gasteiger partial charge in [-0.1, -0.05) is 12.1 Å². The maximum absolute atomic E-state index is 11.5. The highest BCUT2D eigenvalue weighted by atomic mass is 35.5. The van der Waals surface area contributed by atoms with Gasteiger partial charge in [0.05, 0.1) is 13.2 Å². The standard InChI is InChI=1S/C13H20N2O3.ClH/c1-2-17-7-8-18-10-13(16)15-12-5-3-11(9-14)4-6-12;/h3-6H,2,7-10,14H2,1H3,(H,15,16);1H. The highest BCUT2D eigenvalue weighted by Crippen LogP contribution is 2.08. The van der Waals surface area contributed by atoms with Crippen molar-refractivity contribution in [3.8, 4) is 0 Å². The van der Waals surface area contributed by atoms with Crippen molar-refractivity contribution in [2.75, 3.05) is 31.7 Å². The van der Waals surface area contributed by atoms with Crippen LogP contribution >= 0.6 is 12.4 Å². The van der Waals surface area contributed by atoms with Gasteiger partial charge in [-0.25, -0.2) is 0 Å². The lowest BCUT2D eigenvalue weighted by atomic mass is 10.2. The first-order valence-electron chi connectivity index (χ1n) is 6.00. The number of hydrogen-bond donors (Lipinski definition) is 2. The van der Waals surface area contributed by atoms with Crippen LogP contribution in [-0.2, 0) is 20.8 Å². The summed E-state index contributed by atoms with van der Waals surface area (Å²) in [5, 5.41) is 2.74. The van der Waals surface area contributed by atoms with E-state index in [-0.39, 0.29) is 24.9 Å². The lowest BCUT2D eigenvalue weighted by molar-refractivity contribution is -0.121. The third-order valence-electron chi connectivity index (χ3n) is 2.28. The second-order valence-corrected chi connectivity index (χ2v) is 3.70. The van der Waals surface area contributed by atoms with Crippen LogP contribution in [0.25, 0.3) is 0 Å². The molecule has 0 spiro atoms. The molecule has 1 amide bonds. The quantitative estimate of drug-likeness (QED) is 0.712. The summed E-state index contributed by atoms with van der Waals surface area (Å²) in [6.07, 6.45) is 0. The molecule has 19 heavy (non-hydrogen) atoms. The van der Waals surface area contributed by atoms with E-state index in [2.05, 4.69) is 5.32 Å². The minimum Gasteiger partial charge on any atom is -0.379 e. The van der Waals surface area contributed by atoms with Gasteiger partial charge in [0.25, 0.3) is 0 Å². The van der Waals surface area contributed by atoms with Gasteiger partial charge in [0.1, 0.15) is 6.61 Å². The summed E-state index contributed by atoms with van der Waals surface area (Å²) < 4.78 is 10.2. The monoisotopic (exact) mass is 288 g/mol. The van der Waals surface area contributed by atoms with Crippen molar-refractivity contribution in [1.82, 2.24) is 0 Å². The topological polar surface area (TPSA) is 73.6 Å². The largest absolute Gasteiger partial charge is 0.379 e. The van der Waals surface area contributed by atoms with E-state index in [1.54, 1.807) is 0 Å². The van der Waals surface area contributed by atoms with Crippen LogP contribution in [0.15, 0.2) is 24.3 Å². The Morgan fingerprint density at radius 3 is 2.42 bits per heavy atom. The van der Waals surface area contributed by atoms with E-state index < -0.39 is 0 Å². The number of benzene rings is 1. The number of carbonyl (C=O) groups excluding carboxylic acids is 1. The van der Waals surface area contributed by atoms with Crippen molar-refractivity contribution in [1.29, 1.82) is 0 Å². The predicted molar refractivity (Wildman–Crippen MR) is 77.5 cm³/mol. The van der Waals surface area contributed by atoms with Crippen LogP contribution in [0.3, 0.4) is 0 Å². The van der Waals surface area contributed by atoms with Gasteiger partial charge in [0.15, 0.2) is 0 Å². The molecular weight excluding hydrogens is 268 g/mol. The first-order chi connectivity index (χ1) is 8.76. The Morgan fingerprint density at radius 1 is 1.21 bits per heavy atom. The van der Waals surface area contributed by atoms with Crippen LogP contribution in [-0.4, -0.2) is 32.3 Å². The molecule has 1 aromatic rings. The number of amides is 1. The number of nitrogens with one attached hydrogen (secondary N) is 1. The van der Waals surface area contributed by atoms with Gasteiger partial charge in [-0.2, -0.15) is 0 Å². The molecule has 0 fully saturated rings. The summed E-state index contributed by atoms with van der Waals surface area (Å²) in [6.45, 7) is 4.03. The fourth-order valence-electron chi connectivity index (χ4n) is 1.35. The van der Waals surface area contributed by atoms with Crippen LogP contribution in [0.5, 0.6) is 0 Å². The second kappa shape index (κ2) is 10.8. The summed E-state index contributed by atoms with van der Waals surface area (Å²) >= 11 is 0. The fourth-order valence-corrected chi connectivity index (χ4v) is 1.35. The smallest absolute Gasteiger partial charge is 0.250 e. The maximum atomic E-state index is 11.5. The lowest BCUT2D eigenvalue weighted by Gasteiger charge is -2.07. The molecule has 0 unspecified atom stereocenters. The molecule has 0 aromatic heterocycles. The van der Waals surface area contributed by atoms with Crippen LogP contribution in [0, 0.1) is 0 Å². The van der Waals surface area contributed by atoms with Crippen molar-refractivity contribution in [2.45, 2.75) is 13.5 Å². The van der Waals surface area contributed by atoms with Crippen molar-refractivity contribution >= 4 is 24.0 Å². The normalized spacial score (nSPS) is 9.79. The van der Waals surface area contributed by atoms with Gasteiger partial charge >= 0.3 is 0 Å². The molecule has 0 bridgehead atoms. The predicted octanol–water partition coefficient (Wildman–Crippen LogP) is 1.56. The van der Waals surface area contributed by atoms with Crippen molar-refractivity contribution < 1.29 is 14.3 Å². The van der Waals surface area contributed by atoms with Crippen LogP contribution < -0.4 is 11.1 Å². The Morgan fingerprint density at radius 2 is 1.84 bits per heavy atom. The summed E-state index contributed by atoms with van der Waals surface area (Å²) in [4.78, 5) is 11.5. The Bertz CT molecular complexity index is 357. The van der Waals surface area contributed by atoms with E-state index in [9.17, 15) is 4.79 Å². The minimum atomic E-state index is -0.174. The molecule has 0 aliphatic carbocycles. The Kier molecular flexibility index (Phi) is 10.1. The third kappa shape index (κ3) is 7.79. The number of anilines is 1. The summed E-state index contributed by atoms with van der Waals surface area (Å²) in [6, 6.07) is 7.40. The van der Waals surface area contributed by atoms with Crippen LogP contribution in [0.2, 0.25) is 0 Å². The van der Waals surface area contributed by atoms with Crippen molar-refractivity contribution in [2.24, 2.45) is 5.73 Å². The lowest BCUT2D eigenvalue weighted by Crippen LogP contribution is -2.19. The molecule has 3 N–H and O–H groups in total. The van der Waals surface area contributed by atoms with Gasteiger partial charge in [-0.15, -0.1) is 12.4 Å². The fraction of sp³-hybridized carbons (Fsp3) is 0.462. The van der Waals surface area contributed by atoms with Gasteiger partial charge in [-0.05, 0) is 24.6 Å². The van der Waals surface area contributed by atoms with Gasteiger partial charge < -0.3 is 20.5 Å². The summed E-state index contributed by atoms with van der Waals surface area (Å²) in [5.74, 6) is -0.174. The average molecular weight is 289 g/mol. The molecule has 0 radical (unpaired) electrons. The molecule has 5 nitrogen and oxygen atoms in total. The number of halogens is 1. The molecular formula is C13H21ClN2O3. The zero-order valence-electron chi connectivity index (χ0n) is 11.1. The Labute approximate surface area is 119 Å². The summed E-state index contributed by atoms with van der Waals surface area (Å²) in [5.41, 5.74) is 7.26. The van der Waals surface area contributed by atoms with Gasteiger partial charge in [0, 0.05) is 18.8 Å². The number of rotatable bonds is 8. The van der Waals surface area contributed by atoms with E-state index in [1.807, 2.05) is 31.2 Å². The molecule has 0 heterocycles. The van der Waals surface area contributed by atoms with Crippen molar-refractivity contribution in [3.05, 3.63) is 29.8 Å². The summed E-state index contributed by atoms with van der Waals surface area (Å²) in [7, 11) is 0. The number of hydrogen-bond acceptors (Lipinski definition) is 4. The third-order valence-corrected chi connectivity index (χ3v) is 2.28. The molecule has 6 heteroatoms. The number of nitrogens with two attached hydrogens (primary N) is 1. The zero-order chi connectivity index (χ0) is 13.2. The first-order valence-corrected chi connectivity index (χ1v) is 6.00. The molecule has 0 saturated heterocycles. The molecule has 0 atom stereocenters. The van der Waals surface area contributed by atoms with E-state index in [0.717, 1.165) is 11.3 Å². The Hall–Kier alpha value is -1.14. The molecule has 0 aliphatic rings. The Balaban J connectivity index is 0.00000324. The zero-order valence-corrected chi connectivity index (χ0v) is 11.9. The van der Waals surface area contributed by atoms with E-state index >= 15 is 0 Å². The highest BCUT2D eigenvalue weighted by Gasteiger charge is 2.02. The molecule has 1 rings (SSSR count). The second-order valence-electron chi connectivity index (χ2n) is 3.70. The molecule has 108 valence electrons.